The highest BCUT2D eigenvalue weighted by Crippen LogP contribution is 2.22. The summed E-state index contributed by atoms with van der Waals surface area (Å²) in [6.07, 6.45) is -3.93. The summed E-state index contributed by atoms with van der Waals surface area (Å²) in [5.41, 5.74) is 0.559. The van der Waals surface area contributed by atoms with Crippen molar-refractivity contribution in [2.45, 2.75) is 6.18 Å². The molecule has 2 rings (SSSR count). The van der Waals surface area contributed by atoms with Crippen molar-refractivity contribution in [2.24, 2.45) is 0 Å². The van der Waals surface area contributed by atoms with Crippen LogP contribution in [0.3, 0.4) is 0 Å². The van der Waals surface area contributed by atoms with E-state index in [1.54, 1.807) is 11.4 Å². The van der Waals surface area contributed by atoms with Crippen LogP contribution in [0.4, 0.5) is 13.2 Å². The van der Waals surface area contributed by atoms with Gasteiger partial charge in [-0.25, -0.2) is 0 Å². The van der Waals surface area contributed by atoms with Crippen molar-refractivity contribution in [1.82, 2.24) is 5.32 Å². The van der Waals surface area contributed by atoms with Gasteiger partial charge in [-0.15, -0.1) is 0 Å². The lowest BCUT2D eigenvalue weighted by molar-refractivity contribution is -0.123. The first-order valence-corrected chi connectivity index (χ1v) is 5.89. The summed E-state index contributed by atoms with van der Waals surface area (Å²) < 4.78 is 41.4. The molecule has 0 spiro atoms. The van der Waals surface area contributed by atoms with Crippen LogP contribution < -0.4 is 5.32 Å². The standard InChI is InChI=1S/C14H10F3NO3/c15-14(16,17)8-18-13(20)10-3-1-2-9(6-10)12-5-4-11(7-19)21-12/h1-7H,8H2,(H,18,20). The quantitative estimate of drug-likeness (QED) is 0.882. The first-order valence-electron chi connectivity index (χ1n) is 5.89. The highest BCUT2D eigenvalue weighted by atomic mass is 19.4. The van der Waals surface area contributed by atoms with Gasteiger partial charge in [0.05, 0.1) is 0 Å². The maximum Gasteiger partial charge on any atom is 0.405 e. The lowest BCUT2D eigenvalue weighted by Crippen LogP contribution is -2.33. The van der Waals surface area contributed by atoms with E-state index in [1.807, 2.05) is 0 Å². The Labute approximate surface area is 117 Å². The molecule has 0 aliphatic rings. The predicted octanol–water partition coefficient (Wildman–Crippen LogP) is 3.05. The molecule has 4 nitrogen and oxygen atoms in total. The Bertz CT molecular complexity index is 661. The fraction of sp³-hybridized carbons (Fsp3) is 0.143. The monoisotopic (exact) mass is 297 g/mol. The van der Waals surface area contributed by atoms with E-state index in [4.69, 9.17) is 4.42 Å². The Balaban J connectivity index is 2.17. The second-order valence-corrected chi connectivity index (χ2v) is 4.20. The van der Waals surface area contributed by atoms with E-state index in [-0.39, 0.29) is 11.3 Å². The number of rotatable bonds is 4. The number of carbonyl (C=O) groups excluding carboxylic acids is 2. The topological polar surface area (TPSA) is 59.3 Å². The number of halogens is 3. The normalized spacial score (nSPS) is 11.2. The zero-order valence-corrected chi connectivity index (χ0v) is 10.6. The van der Waals surface area contributed by atoms with Gasteiger partial charge in [0.25, 0.3) is 5.91 Å². The summed E-state index contributed by atoms with van der Waals surface area (Å²) in [6, 6.07) is 8.90. The number of benzene rings is 1. The van der Waals surface area contributed by atoms with E-state index in [9.17, 15) is 22.8 Å². The number of furan rings is 1. The molecule has 0 radical (unpaired) electrons. The number of nitrogens with one attached hydrogen (secondary N) is 1. The molecule has 21 heavy (non-hydrogen) atoms. The van der Waals surface area contributed by atoms with Crippen LogP contribution in [0.15, 0.2) is 40.8 Å². The number of carbonyl (C=O) groups is 2. The van der Waals surface area contributed by atoms with Gasteiger partial charge in [-0.05, 0) is 24.3 Å². The average Bonchev–Trinajstić information content (AvgIpc) is 2.93. The summed E-state index contributed by atoms with van der Waals surface area (Å²) in [7, 11) is 0. The van der Waals surface area contributed by atoms with Crippen molar-refractivity contribution >= 4 is 12.2 Å². The smallest absolute Gasteiger partial charge is 0.405 e. The molecule has 0 bridgehead atoms. The molecule has 0 saturated carbocycles. The minimum absolute atomic E-state index is 0.0702. The zero-order valence-electron chi connectivity index (χ0n) is 10.6. The third kappa shape index (κ3) is 3.95. The molecule has 1 aromatic carbocycles. The second kappa shape index (κ2) is 5.82. The number of hydrogen-bond acceptors (Lipinski definition) is 3. The fourth-order valence-electron chi connectivity index (χ4n) is 1.67. The summed E-state index contributed by atoms with van der Waals surface area (Å²) in [4.78, 5) is 22.2. The summed E-state index contributed by atoms with van der Waals surface area (Å²) in [5.74, 6) is -0.365. The minimum atomic E-state index is -4.47. The van der Waals surface area contributed by atoms with Gasteiger partial charge >= 0.3 is 6.18 Å². The number of hydrogen-bond donors (Lipinski definition) is 1. The van der Waals surface area contributed by atoms with Gasteiger partial charge in [0.15, 0.2) is 12.0 Å². The van der Waals surface area contributed by atoms with Gasteiger partial charge in [-0.2, -0.15) is 13.2 Å². The molecule has 2 aromatic rings. The molecule has 0 unspecified atom stereocenters. The molecule has 1 N–H and O–H groups in total. The van der Waals surface area contributed by atoms with Crippen molar-refractivity contribution in [3.05, 3.63) is 47.7 Å². The molecule has 1 heterocycles. The van der Waals surface area contributed by atoms with E-state index in [2.05, 4.69) is 0 Å². The molecule has 0 aliphatic heterocycles. The van der Waals surface area contributed by atoms with E-state index in [0.29, 0.717) is 17.6 Å². The molecule has 0 saturated heterocycles. The molecular formula is C14H10F3NO3. The van der Waals surface area contributed by atoms with Crippen LogP contribution in [0.25, 0.3) is 11.3 Å². The summed E-state index contributed by atoms with van der Waals surface area (Å²) in [5, 5.41) is 1.78. The Morgan fingerprint density at radius 3 is 2.62 bits per heavy atom. The Hall–Kier alpha value is -2.57. The molecule has 7 heteroatoms. The van der Waals surface area contributed by atoms with Gasteiger partial charge in [0, 0.05) is 11.1 Å². The first-order chi connectivity index (χ1) is 9.89. The van der Waals surface area contributed by atoms with Crippen LogP contribution in [-0.4, -0.2) is 24.9 Å². The highest BCUT2D eigenvalue weighted by Gasteiger charge is 2.27. The maximum absolute atomic E-state index is 12.1. The van der Waals surface area contributed by atoms with E-state index < -0.39 is 18.6 Å². The third-order valence-electron chi connectivity index (χ3n) is 2.60. The highest BCUT2D eigenvalue weighted by molar-refractivity contribution is 5.95. The molecule has 1 amide bonds. The fourth-order valence-corrected chi connectivity index (χ4v) is 1.67. The van der Waals surface area contributed by atoms with E-state index >= 15 is 0 Å². The molecule has 0 atom stereocenters. The number of alkyl halides is 3. The van der Waals surface area contributed by atoms with E-state index in [1.165, 1.54) is 30.3 Å². The van der Waals surface area contributed by atoms with Crippen molar-refractivity contribution in [3.63, 3.8) is 0 Å². The summed E-state index contributed by atoms with van der Waals surface area (Å²) >= 11 is 0. The molecular weight excluding hydrogens is 287 g/mol. The van der Waals surface area contributed by atoms with Crippen molar-refractivity contribution in [1.29, 1.82) is 0 Å². The van der Waals surface area contributed by atoms with E-state index in [0.717, 1.165) is 0 Å². The van der Waals surface area contributed by atoms with Crippen LogP contribution in [0.5, 0.6) is 0 Å². The van der Waals surface area contributed by atoms with Crippen LogP contribution in [-0.2, 0) is 0 Å². The van der Waals surface area contributed by atoms with Gasteiger partial charge in [0.1, 0.15) is 12.3 Å². The minimum Gasteiger partial charge on any atom is -0.453 e. The molecule has 110 valence electrons. The van der Waals surface area contributed by atoms with Crippen LogP contribution >= 0.6 is 0 Å². The maximum atomic E-state index is 12.1. The van der Waals surface area contributed by atoms with Gasteiger partial charge < -0.3 is 9.73 Å². The van der Waals surface area contributed by atoms with Crippen LogP contribution in [0.2, 0.25) is 0 Å². The van der Waals surface area contributed by atoms with Crippen molar-refractivity contribution < 1.29 is 27.2 Å². The third-order valence-corrected chi connectivity index (χ3v) is 2.60. The molecule has 1 aromatic heterocycles. The Morgan fingerprint density at radius 2 is 2.00 bits per heavy atom. The zero-order chi connectivity index (χ0) is 15.5. The van der Waals surface area contributed by atoms with Crippen molar-refractivity contribution in [3.8, 4) is 11.3 Å². The van der Waals surface area contributed by atoms with Gasteiger partial charge in [0.2, 0.25) is 0 Å². The van der Waals surface area contributed by atoms with Crippen LogP contribution in [0, 0.1) is 0 Å². The predicted molar refractivity (Wildman–Crippen MR) is 67.9 cm³/mol. The lowest BCUT2D eigenvalue weighted by atomic mass is 10.1. The molecule has 0 fully saturated rings. The largest absolute Gasteiger partial charge is 0.453 e. The summed E-state index contributed by atoms with van der Waals surface area (Å²) in [6.45, 7) is -1.40. The van der Waals surface area contributed by atoms with Crippen LogP contribution in [0.1, 0.15) is 20.9 Å². The second-order valence-electron chi connectivity index (χ2n) is 4.20. The van der Waals surface area contributed by atoms with Gasteiger partial charge in [-0.3, -0.25) is 9.59 Å². The SMILES string of the molecule is O=Cc1ccc(-c2cccc(C(=O)NCC(F)(F)F)c2)o1. The Kier molecular flexibility index (Phi) is 4.11. The average molecular weight is 297 g/mol. The number of aldehydes is 1. The lowest BCUT2D eigenvalue weighted by Gasteiger charge is -2.08. The van der Waals surface area contributed by atoms with Gasteiger partial charge in [-0.1, -0.05) is 12.1 Å². The van der Waals surface area contributed by atoms with Crippen molar-refractivity contribution in [2.75, 3.05) is 6.54 Å². The molecule has 0 aliphatic carbocycles. The Morgan fingerprint density at radius 1 is 1.24 bits per heavy atom. The first kappa shape index (κ1) is 14.8. The number of amides is 1.